The molecule has 7 nitrogen and oxygen atoms in total. The summed E-state index contributed by atoms with van der Waals surface area (Å²) in [5.74, 6) is 0.234. The van der Waals surface area contributed by atoms with Gasteiger partial charge in [0.05, 0.1) is 22.5 Å². The lowest BCUT2D eigenvalue weighted by atomic mass is 10.1. The number of aryl methyl sites for hydroxylation is 2. The molecule has 1 heterocycles. The van der Waals surface area contributed by atoms with E-state index in [1.165, 1.54) is 6.07 Å². The Bertz CT molecular complexity index is 956. The summed E-state index contributed by atoms with van der Waals surface area (Å²) < 4.78 is 21.6. The molecule has 3 aromatic rings. The van der Waals surface area contributed by atoms with Gasteiger partial charge in [-0.05, 0) is 44.2 Å². The van der Waals surface area contributed by atoms with Crippen molar-refractivity contribution in [1.82, 2.24) is 4.98 Å². The Kier molecular flexibility index (Phi) is 8.20. The van der Waals surface area contributed by atoms with Gasteiger partial charge in [0.25, 0.3) is 0 Å². The zero-order valence-electron chi connectivity index (χ0n) is 18.1. The summed E-state index contributed by atoms with van der Waals surface area (Å²) in [7, 11) is 0. The van der Waals surface area contributed by atoms with E-state index in [1.54, 1.807) is 13.8 Å². The van der Waals surface area contributed by atoms with Gasteiger partial charge in [0, 0.05) is 0 Å². The van der Waals surface area contributed by atoms with Gasteiger partial charge in [0.15, 0.2) is 0 Å². The molecule has 0 bridgehead atoms. The number of hydrogen-bond donors (Lipinski definition) is 0. The van der Waals surface area contributed by atoms with Gasteiger partial charge in [-0.3, -0.25) is 4.98 Å². The van der Waals surface area contributed by atoms with Crippen LogP contribution in [0.3, 0.4) is 0 Å². The number of para-hydroxylation sites is 2. The third-order valence-corrected chi connectivity index (χ3v) is 4.50. The first-order valence-electron chi connectivity index (χ1n) is 10.2. The van der Waals surface area contributed by atoms with Gasteiger partial charge in [0.1, 0.15) is 37.9 Å². The van der Waals surface area contributed by atoms with E-state index in [1.807, 2.05) is 60.7 Å². The average molecular weight is 435 g/mol. The lowest BCUT2D eigenvalue weighted by molar-refractivity contribution is 0.0445. The third kappa shape index (κ3) is 6.57. The van der Waals surface area contributed by atoms with E-state index >= 15 is 0 Å². The van der Waals surface area contributed by atoms with Crippen molar-refractivity contribution in [2.24, 2.45) is 0 Å². The van der Waals surface area contributed by atoms with E-state index in [4.69, 9.17) is 18.9 Å². The fraction of sp³-hybridized carbons (Fsp3) is 0.240. The van der Waals surface area contributed by atoms with Crippen molar-refractivity contribution in [3.05, 3.63) is 89.2 Å². The van der Waals surface area contributed by atoms with Crippen LogP contribution in [0.4, 0.5) is 0 Å². The van der Waals surface area contributed by atoms with E-state index in [9.17, 15) is 9.59 Å². The lowest BCUT2D eigenvalue weighted by Gasteiger charge is -2.12. The third-order valence-electron chi connectivity index (χ3n) is 4.50. The Labute approximate surface area is 186 Å². The van der Waals surface area contributed by atoms with Gasteiger partial charge in [-0.2, -0.15) is 0 Å². The number of pyridine rings is 1. The van der Waals surface area contributed by atoms with E-state index in [0.29, 0.717) is 22.9 Å². The molecule has 0 unspecified atom stereocenters. The molecule has 0 aliphatic heterocycles. The van der Waals surface area contributed by atoms with Crippen molar-refractivity contribution in [3.8, 4) is 11.5 Å². The number of ether oxygens (including phenoxy) is 4. The highest BCUT2D eigenvalue weighted by atomic mass is 16.6. The van der Waals surface area contributed by atoms with Gasteiger partial charge < -0.3 is 18.9 Å². The molecule has 32 heavy (non-hydrogen) atoms. The fourth-order valence-corrected chi connectivity index (χ4v) is 2.92. The Balaban J connectivity index is 1.52. The Morgan fingerprint density at radius 1 is 0.656 bits per heavy atom. The molecule has 0 spiro atoms. The molecule has 0 saturated carbocycles. The zero-order chi connectivity index (χ0) is 22.8. The van der Waals surface area contributed by atoms with Crippen LogP contribution in [0.5, 0.6) is 11.5 Å². The summed E-state index contributed by atoms with van der Waals surface area (Å²) >= 11 is 0. The number of rotatable bonds is 10. The van der Waals surface area contributed by atoms with Crippen LogP contribution in [0.15, 0.2) is 66.7 Å². The van der Waals surface area contributed by atoms with Crippen molar-refractivity contribution >= 4 is 11.9 Å². The molecule has 0 radical (unpaired) electrons. The minimum atomic E-state index is -0.576. The molecule has 1 aromatic heterocycles. The molecule has 7 heteroatoms. The molecule has 2 aromatic carbocycles. The molecule has 0 aliphatic rings. The fourth-order valence-electron chi connectivity index (χ4n) is 2.92. The monoisotopic (exact) mass is 435 g/mol. The van der Waals surface area contributed by atoms with Crippen LogP contribution in [0.2, 0.25) is 0 Å². The number of carbonyl (C=O) groups excluding carboxylic acids is 2. The Hall–Kier alpha value is -3.87. The Morgan fingerprint density at radius 3 is 1.47 bits per heavy atom. The van der Waals surface area contributed by atoms with Crippen LogP contribution in [-0.4, -0.2) is 43.4 Å². The minimum Gasteiger partial charge on any atom is -0.490 e. The standard InChI is InChI=1S/C25H25NO6/c1-18-22(24(27)31-15-13-29-20-9-5-3-6-10-20)17-23(19(2)26-18)25(28)32-16-14-30-21-11-7-4-8-12-21/h3-12,17H,13-16H2,1-2H3. The first-order chi connectivity index (χ1) is 15.5. The second-order valence-corrected chi connectivity index (χ2v) is 6.85. The normalized spacial score (nSPS) is 10.3. The van der Waals surface area contributed by atoms with Crippen molar-refractivity contribution in [3.63, 3.8) is 0 Å². The largest absolute Gasteiger partial charge is 0.490 e. The predicted molar refractivity (Wildman–Crippen MR) is 118 cm³/mol. The molecule has 166 valence electrons. The molecular weight excluding hydrogens is 410 g/mol. The highest BCUT2D eigenvalue weighted by molar-refractivity contribution is 5.96. The second-order valence-electron chi connectivity index (χ2n) is 6.85. The quantitative estimate of drug-likeness (QED) is 0.349. The van der Waals surface area contributed by atoms with Gasteiger partial charge in [-0.25, -0.2) is 9.59 Å². The molecule has 3 rings (SSSR count). The van der Waals surface area contributed by atoms with Gasteiger partial charge in [-0.15, -0.1) is 0 Å². The topological polar surface area (TPSA) is 84.0 Å². The summed E-state index contributed by atoms with van der Waals surface area (Å²) in [6.07, 6.45) is 0. The van der Waals surface area contributed by atoms with Gasteiger partial charge >= 0.3 is 11.9 Å². The first-order valence-corrected chi connectivity index (χ1v) is 10.2. The van der Waals surface area contributed by atoms with Crippen molar-refractivity contribution in [1.29, 1.82) is 0 Å². The summed E-state index contributed by atoms with van der Waals surface area (Å²) in [5.41, 5.74) is 1.37. The molecule has 0 amide bonds. The highest BCUT2D eigenvalue weighted by Gasteiger charge is 2.19. The highest BCUT2D eigenvalue weighted by Crippen LogP contribution is 2.16. The lowest BCUT2D eigenvalue weighted by Crippen LogP contribution is -2.18. The minimum absolute atomic E-state index is 0.0671. The van der Waals surface area contributed by atoms with E-state index in [2.05, 4.69) is 4.98 Å². The summed E-state index contributed by atoms with van der Waals surface area (Å²) in [5, 5.41) is 0. The maximum Gasteiger partial charge on any atom is 0.340 e. The van der Waals surface area contributed by atoms with Crippen LogP contribution < -0.4 is 9.47 Å². The number of nitrogens with zero attached hydrogens (tertiary/aromatic N) is 1. The maximum absolute atomic E-state index is 12.5. The summed E-state index contributed by atoms with van der Waals surface area (Å²) in [6.45, 7) is 3.93. The number of carbonyl (C=O) groups is 2. The van der Waals surface area contributed by atoms with Gasteiger partial charge in [-0.1, -0.05) is 36.4 Å². The first kappa shape index (κ1) is 22.8. The summed E-state index contributed by atoms with van der Waals surface area (Å²) in [4.78, 5) is 29.3. The second kappa shape index (κ2) is 11.5. The van der Waals surface area contributed by atoms with Crippen LogP contribution >= 0.6 is 0 Å². The number of esters is 2. The Morgan fingerprint density at radius 2 is 1.06 bits per heavy atom. The van der Waals surface area contributed by atoms with Crippen molar-refractivity contribution in [2.45, 2.75) is 13.8 Å². The average Bonchev–Trinajstić information content (AvgIpc) is 2.81. The van der Waals surface area contributed by atoms with Crippen LogP contribution in [-0.2, 0) is 9.47 Å². The molecule has 0 aliphatic carbocycles. The zero-order valence-corrected chi connectivity index (χ0v) is 18.1. The number of aromatic nitrogens is 1. The number of benzene rings is 2. The summed E-state index contributed by atoms with van der Waals surface area (Å²) in [6, 6.07) is 19.9. The van der Waals surface area contributed by atoms with Gasteiger partial charge in [0.2, 0.25) is 0 Å². The van der Waals surface area contributed by atoms with Crippen molar-refractivity contribution < 1.29 is 28.5 Å². The molecule has 0 saturated heterocycles. The predicted octanol–water partition coefficient (Wildman–Crippen LogP) is 4.17. The van der Waals surface area contributed by atoms with Crippen LogP contribution in [0.1, 0.15) is 32.1 Å². The van der Waals surface area contributed by atoms with Crippen LogP contribution in [0.25, 0.3) is 0 Å². The van der Waals surface area contributed by atoms with Crippen molar-refractivity contribution in [2.75, 3.05) is 26.4 Å². The van der Waals surface area contributed by atoms with E-state index in [0.717, 1.165) is 0 Å². The van der Waals surface area contributed by atoms with E-state index < -0.39 is 11.9 Å². The number of hydrogen-bond acceptors (Lipinski definition) is 7. The molecule has 0 atom stereocenters. The molecule has 0 N–H and O–H groups in total. The molecular formula is C25H25NO6. The van der Waals surface area contributed by atoms with E-state index in [-0.39, 0.29) is 37.6 Å². The maximum atomic E-state index is 12.5. The smallest absolute Gasteiger partial charge is 0.340 e. The van der Waals surface area contributed by atoms with Crippen LogP contribution in [0, 0.1) is 13.8 Å². The molecule has 0 fully saturated rings. The SMILES string of the molecule is Cc1nc(C)c(C(=O)OCCOc2ccccc2)cc1C(=O)OCCOc1ccccc1.